The molecule has 0 atom stereocenters. The van der Waals surface area contributed by atoms with E-state index < -0.39 is 0 Å². The Balaban J connectivity index is 1.14. The quantitative estimate of drug-likeness (QED) is 0.725. The van der Waals surface area contributed by atoms with Gasteiger partial charge in [-0.15, -0.1) is 12.6 Å². The van der Waals surface area contributed by atoms with Crippen LogP contribution in [0.5, 0.6) is 0 Å². The van der Waals surface area contributed by atoms with Gasteiger partial charge in [0, 0.05) is 30.4 Å². The molecule has 1 heterocycles. The first-order valence-corrected chi connectivity index (χ1v) is 11.8. The van der Waals surface area contributed by atoms with Crippen molar-refractivity contribution in [3.8, 4) is 0 Å². The molecule has 6 rings (SSSR count). The molecule has 156 valence electrons. The Kier molecular flexibility index (Phi) is 5.13. The lowest BCUT2D eigenvalue weighted by molar-refractivity contribution is -0.140. The maximum Gasteiger partial charge on any atom is 0.252 e. The van der Waals surface area contributed by atoms with Gasteiger partial charge in [0.2, 0.25) is 5.91 Å². The topological polar surface area (TPSA) is 49.4 Å². The maximum atomic E-state index is 13.1. The fourth-order valence-corrected chi connectivity index (χ4v) is 7.40. The fraction of sp³-hybridized carbons (Fsp3) is 0.667. The van der Waals surface area contributed by atoms with Gasteiger partial charge in [0.25, 0.3) is 5.91 Å². The zero-order valence-electron chi connectivity index (χ0n) is 17.1. The van der Waals surface area contributed by atoms with Gasteiger partial charge in [-0.05, 0) is 86.7 Å². The number of likely N-dealkylation sites (tertiary alicyclic amines) is 1. The minimum atomic E-state index is -0.0612. The molecule has 1 aromatic carbocycles. The summed E-state index contributed by atoms with van der Waals surface area (Å²) in [5.74, 6) is 2.98. The highest BCUT2D eigenvalue weighted by Crippen LogP contribution is 2.61. The van der Waals surface area contributed by atoms with Gasteiger partial charge in [-0.1, -0.05) is 12.1 Å². The summed E-state index contributed by atoms with van der Waals surface area (Å²) in [5.41, 5.74) is 0.934. The highest BCUT2D eigenvalue weighted by molar-refractivity contribution is 7.80. The van der Waals surface area contributed by atoms with Crippen molar-refractivity contribution in [2.75, 3.05) is 13.1 Å². The summed E-state index contributed by atoms with van der Waals surface area (Å²) in [7, 11) is 0. The average molecular weight is 413 g/mol. The molecule has 0 unspecified atom stereocenters. The van der Waals surface area contributed by atoms with Gasteiger partial charge in [0.05, 0.1) is 5.56 Å². The Morgan fingerprint density at radius 1 is 1.00 bits per heavy atom. The van der Waals surface area contributed by atoms with Crippen molar-refractivity contribution in [2.24, 2.45) is 23.2 Å². The second kappa shape index (κ2) is 7.64. The molecule has 1 aliphatic heterocycles. The predicted molar refractivity (Wildman–Crippen MR) is 116 cm³/mol. The summed E-state index contributed by atoms with van der Waals surface area (Å²) in [6.07, 6.45) is 10.6. The molecule has 0 radical (unpaired) electrons. The van der Waals surface area contributed by atoms with E-state index in [0.717, 1.165) is 50.1 Å². The SMILES string of the molecule is O=C(NC1CCN(C(=O)CC23CC4CC(CC(C4)C2)C3)CC1)c1ccccc1S. The van der Waals surface area contributed by atoms with Gasteiger partial charge in [0.1, 0.15) is 0 Å². The minimum absolute atomic E-state index is 0.0612. The second-order valence-corrected chi connectivity index (χ2v) is 10.7. The highest BCUT2D eigenvalue weighted by atomic mass is 32.1. The number of nitrogens with zero attached hydrogens (tertiary/aromatic N) is 1. The lowest BCUT2D eigenvalue weighted by atomic mass is 9.49. The molecule has 4 aliphatic carbocycles. The van der Waals surface area contributed by atoms with Crippen LogP contribution in [0.15, 0.2) is 29.2 Å². The monoisotopic (exact) mass is 412 g/mol. The average Bonchev–Trinajstić information content (AvgIpc) is 2.67. The molecule has 29 heavy (non-hydrogen) atoms. The van der Waals surface area contributed by atoms with Crippen LogP contribution in [0.1, 0.15) is 68.1 Å². The van der Waals surface area contributed by atoms with Crippen LogP contribution in [0.4, 0.5) is 0 Å². The molecule has 1 aromatic rings. The number of nitrogens with one attached hydrogen (secondary N) is 1. The van der Waals surface area contributed by atoms with Gasteiger partial charge in [-0.2, -0.15) is 0 Å². The van der Waals surface area contributed by atoms with E-state index in [-0.39, 0.29) is 11.9 Å². The van der Waals surface area contributed by atoms with Crippen molar-refractivity contribution in [3.05, 3.63) is 29.8 Å². The van der Waals surface area contributed by atoms with Crippen molar-refractivity contribution < 1.29 is 9.59 Å². The zero-order chi connectivity index (χ0) is 20.0. The number of hydrogen-bond acceptors (Lipinski definition) is 3. The Hall–Kier alpha value is -1.49. The fourth-order valence-electron chi connectivity index (χ4n) is 7.14. The number of rotatable bonds is 4. The van der Waals surface area contributed by atoms with Crippen LogP contribution < -0.4 is 5.32 Å². The van der Waals surface area contributed by atoms with Crippen molar-refractivity contribution in [3.63, 3.8) is 0 Å². The molecule has 5 aliphatic rings. The number of piperidine rings is 1. The van der Waals surface area contributed by atoms with E-state index >= 15 is 0 Å². The molecule has 1 N–H and O–H groups in total. The number of benzene rings is 1. The summed E-state index contributed by atoms with van der Waals surface area (Å²) < 4.78 is 0. The van der Waals surface area contributed by atoms with Crippen LogP contribution in [-0.2, 0) is 4.79 Å². The summed E-state index contributed by atoms with van der Waals surface area (Å²) in [6.45, 7) is 1.53. The Morgan fingerprint density at radius 2 is 1.59 bits per heavy atom. The van der Waals surface area contributed by atoms with Crippen LogP contribution in [0, 0.1) is 23.2 Å². The zero-order valence-corrected chi connectivity index (χ0v) is 18.0. The third-order valence-corrected chi connectivity index (χ3v) is 8.41. The molecule has 2 amide bonds. The second-order valence-electron chi connectivity index (χ2n) is 10.2. The lowest BCUT2D eigenvalue weighted by Crippen LogP contribution is -2.50. The van der Waals surface area contributed by atoms with Crippen molar-refractivity contribution >= 4 is 24.4 Å². The molecule has 4 saturated carbocycles. The smallest absolute Gasteiger partial charge is 0.252 e. The van der Waals surface area contributed by atoms with E-state index in [4.69, 9.17) is 0 Å². The number of carbonyl (C=O) groups is 2. The molecule has 5 heteroatoms. The van der Waals surface area contributed by atoms with Crippen LogP contribution in [-0.4, -0.2) is 35.8 Å². The molecular weight excluding hydrogens is 380 g/mol. The van der Waals surface area contributed by atoms with Gasteiger partial charge in [-0.3, -0.25) is 9.59 Å². The number of hydrogen-bond donors (Lipinski definition) is 2. The van der Waals surface area contributed by atoms with Crippen molar-refractivity contribution in [2.45, 2.75) is 68.7 Å². The molecular formula is C24H32N2O2S. The van der Waals surface area contributed by atoms with E-state index in [1.807, 2.05) is 24.3 Å². The standard InChI is InChI=1S/C24H32N2O2S/c27-22(15-24-12-16-9-17(13-24)11-18(10-16)14-24)26-7-5-19(6-8-26)25-23(28)20-3-1-2-4-21(20)29/h1-4,16-19,29H,5-15H2,(H,25,28). The first-order valence-electron chi connectivity index (χ1n) is 11.4. The van der Waals surface area contributed by atoms with Gasteiger partial charge in [-0.25, -0.2) is 0 Å². The Bertz CT molecular complexity index is 765. The van der Waals surface area contributed by atoms with E-state index in [9.17, 15) is 9.59 Å². The molecule has 4 nitrogen and oxygen atoms in total. The molecule has 1 saturated heterocycles. The first-order chi connectivity index (χ1) is 14.0. The Morgan fingerprint density at radius 3 is 2.17 bits per heavy atom. The van der Waals surface area contributed by atoms with Crippen molar-refractivity contribution in [1.29, 1.82) is 0 Å². The number of amides is 2. The van der Waals surface area contributed by atoms with E-state index in [1.165, 1.54) is 38.5 Å². The highest BCUT2D eigenvalue weighted by Gasteiger charge is 2.51. The van der Waals surface area contributed by atoms with Gasteiger partial charge >= 0.3 is 0 Å². The van der Waals surface area contributed by atoms with Gasteiger partial charge in [0.15, 0.2) is 0 Å². The number of carbonyl (C=O) groups excluding carboxylic acids is 2. The van der Waals surface area contributed by atoms with Crippen LogP contribution >= 0.6 is 12.6 Å². The van der Waals surface area contributed by atoms with E-state index in [1.54, 1.807) is 0 Å². The Labute approximate surface area is 179 Å². The largest absolute Gasteiger partial charge is 0.349 e. The predicted octanol–water partition coefficient (Wildman–Crippen LogP) is 4.30. The van der Waals surface area contributed by atoms with Crippen LogP contribution in [0.2, 0.25) is 0 Å². The van der Waals surface area contributed by atoms with Crippen LogP contribution in [0.3, 0.4) is 0 Å². The third kappa shape index (κ3) is 3.95. The normalized spacial score (nSPS) is 33.7. The van der Waals surface area contributed by atoms with Crippen molar-refractivity contribution in [1.82, 2.24) is 10.2 Å². The van der Waals surface area contributed by atoms with Gasteiger partial charge < -0.3 is 10.2 Å². The first kappa shape index (κ1) is 19.5. The maximum absolute atomic E-state index is 13.1. The molecule has 5 fully saturated rings. The lowest BCUT2D eigenvalue weighted by Gasteiger charge is -2.57. The summed E-state index contributed by atoms with van der Waals surface area (Å²) in [6, 6.07) is 7.53. The molecule has 0 spiro atoms. The summed E-state index contributed by atoms with van der Waals surface area (Å²) in [5, 5.41) is 3.14. The van der Waals surface area contributed by atoms with E-state index in [0.29, 0.717) is 21.8 Å². The number of thiol groups is 1. The summed E-state index contributed by atoms with van der Waals surface area (Å²) >= 11 is 4.38. The molecule has 0 aromatic heterocycles. The third-order valence-electron chi connectivity index (χ3n) is 8.02. The minimum Gasteiger partial charge on any atom is -0.349 e. The van der Waals surface area contributed by atoms with Crippen LogP contribution in [0.25, 0.3) is 0 Å². The summed E-state index contributed by atoms with van der Waals surface area (Å²) in [4.78, 5) is 28.4. The molecule has 4 bridgehead atoms. The van der Waals surface area contributed by atoms with E-state index in [2.05, 4.69) is 22.8 Å².